The van der Waals surface area contributed by atoms with Gasteiger partial charge in [-0.25, -0.2) is 13.6 Å². The standard InChI is InChI=1S/C12H8F2N2O2/c13-7-1-2-9(14)10(5-7)16-11-6-15-4-3-8(11)12(17)18/h1-6,16H,(H,17,18). The molecule has 92 valence electrons. The van der Waals surface area contributed by atoms with Gasteiger partial charge in [0.15, 0.2) is 0 Å². The fourth-order valence-corrected chi connectivity index (χ4v) is 1.42. The van der Waals surface area contributed by atoms with Gasteiger partial charge in [-0.1, -0.05) is 0 Å². The van der Waals surface area contributed by atoms with E-state index >= 15 is 0 Å². The number of halogens is 2. The van der Waals surface area contributed by atoms with Crippen molar-refractivity contribution in [2.75, 3.05) is 5.32 Å². The molecule has 0 atom stereocenters. The second-order valence-corrected chi connectivity index (χ2v) is 3.48. The molecule has 6 heteroatoms. The second kappa shape index (κ2) is 4.79. The van der Waals surface area contributed by atoms with Crippen molar-refractivity contribution < 1.29 is 18.7 Å². The van der Waals surface area contributed by atoms with Gasteiger partial charge in [0.2, 0.25) is 0 Å². The molecular formula is C12H8F2N2O2. The molecule has 0 aliphatic rings. The van der Waals surface area contributed by atoms with Crippen LogP contribution in [0.2, 0.25) is 0 Å². The Hall–Kier alpha value is -2.50. The van der Waals surface area contributed by atoms with Gasteiger partial charge in [-0.2, -0.15) is 0 Å². The van der Waals surface area contributed by atoms with E-state index in [1.165, 1.54) is 18.5 Å². The fourth-order valence-electron chi connectivity index (χ4n) is 1.42. The highest BCUT2D eigenvalue weighted by Gasteiger charge is 2.11. The summed E-state index contributed by atoms with van der Waals surface area (Å²) in [6.07, 6.45) is 2.53. The van der Waals surface area contributed by atoms with E-state index in [-0.39, 0.29) is 16.9 Å². The van der Waals surface area contributed by atoms with Crippen molar-refractivity contribution >= 4 is 17.3 Å². The van der Waals surface area contributed by atoms with Crippen molar-refractivity contribution in [3.8, 4) is 0 Å². The number of carbonyl (C=O) groups is 1. The number of benzene rings is 1. The molecule has 0 unspecified atom stereocenters. The van der Waals surface area contributed by atoms with Gasteiger partial charge in [-0.15, -0.1) is 0 Å². The second-order valence-electron chi connectivity index (χ2n) is 3.48. The van der Waals surface area contributed by atoms with Gasteiger partial charge in [-0.3, -0.25) is 4.98 Å². The highest BCUT2D eigenvalue weighted by molar-refractivity contribution is 5.94. The minimum atomic E-state index is -1.18. The first-order chi connectivity index (χ1) is 8.58. The highest BCUT2D eigenvalue weighted by Crippen LogP contribution is 2.23. The van der Waals surface area contributed by atoms with Gasteiger partial charge >= 0.3 is 5.97 Å². The van der Waals surface area contributed by atoms with Crippen LogP contribution in [0.3, 0.4) is 0 Å². The molecular weight excluding hydrogens is 242 g/mol. The first-order valence-corrected chi connectivity index (χ1v) is 4.97. The maximum atomic E-state index is 13.4. The first-order valence-electron chi connectivity index (χ1n) is 4.97. The number of nitrogens with zero attached hydrogens (tertiary/aromatic N) is 1. The quantitative estimate of drug-likeness (QED) is 0.879. The zero-order valence-corrected chi connectivity index (χ0v) is 9.02. The number of anilines is 2. The predicted octanol–water partition coefficient (Wildman–Crippen LogP) is 2.80. The van der Waals surface area contributed by atoms with Gasteiger partial charge in [-0.05, 0) is 18.2 Å². The summed E-state index contributed by atoms with van der Waals surface area (Å²) in [5, 5.41) is 11.4. The number of hydrogen-bond acceptors (Lipinski definition) is 3. The van der Waals surface area contributed by atoms with Crippen LogP contribution in [-0.4, -0.2) is 16.1 Å². The summed E-state index contributed by atoms with van der Waals surface area (Å²) >= 11 is 0. The van der Waals surface area contributed by atoms with Crippen LogP contribution in [0.1, 0.15) is 10.4 Å². The molecule has 1 aromatic carbocycles. The summed E-state index contributed by atoms with van der Waals surface area (Å²) in [6.45, 7) is 0. The molecule has 0 fully saturated rings. The summed E-state index contributed by atoms with van der Waals surface area (Å²) in [4.78, 5) is 14.7. The molecule has 0 amide bonds. The van der Waals surface area contributed by atoms with Gasteiger partial charge < -0.3 is 10.4 Å². The molecule has 0 saturated heterocycles. The van der Waals surface area contributed by atoms with Crippen molar-refractivity contribution in [3.05, 3.63) is 53.9 Å². The Kier molecular flexibility index (Phi) is 3.18. The van der Waals surface area contributed by atoms with Crippen molar-refractivity contribution in [2.45, 2.75) is 0 Å². The van der Waals surface area contributed by atoms with Gasteiger partial charge in [0, 0.05) is 12.3 Å². The number of nitrogens with one attached hydrogen (secondary N) is 1. The van der Waals surface area contributed by atoms with E-state index in [9.17, 15) is 13.6 Å². The van der Waals surface area contributed by atoms with Crippen molar-refractivity contribution in [1.29, 1.82) is 0 Å². The third kappa shape index (κ3) is 2.42. The van der Waals surface area contributed by atoms with E-state index in [1.807, 2.05) is 0 Å². The van der Waals surface area contributed by atoms with Crippen LogP contribution >= 0.6 is 0 Å². The summed E-state index contributed by atoms with van der Waals surface area (Å²) in [5.74, 6) is -2.49. The predicted molar refractivity (Wildman–Crippen MR) is 60.8 cm³/mol. The zero-order valence-electron chi connectivity index (χ0n) is 9.02. The third-order valence-corrected chi connectivity index (χ3v) is 2.25. The molecule has 0 bridgehead atoms. The number of hydrogen-bond donors (Lipinski definition) is 2. The molecule has 0 saturated carbocycles. The molecule has 0 aliphatic heterocycles. The Labute approximate surface area is 101 Å². The third-order valence-electron chi connectivity index (χ3n) is 2.25. The number of pyridine rings is 1. The van der Waals surface area contributed by atoms with Gasteiger partial charge in [0.1, 0.15) is 11.6 Å². The lowest BCUT2D eigenvalue weighted by Gasteiger charge is -2.09. The molecule has 4 nitrogen and oxygen atoms in total. The molecule has 0 aliphatic carbocycles. The van der Waals surface area contributed by atoms with Crippen LogP contribution in [0.15, 0.2) is 36.7 Å². The Morgan fingerprint density at radius 2 is 2.00 bits per heavy atom. The minimum Gasteiger partial charge on any atom is -0.478 e. The van der Waals surface area contributed by atoms with Crippen LogP contribution in [0.5, 0.6) is 0 Å². The molecule has 0 spiro atoms. The zero-order chi connectivity index (χ0) is 13.1. The number of rotatable bonds is 3. The number of carboxylic acids is 1. The summed E-state index contributed by atoms with van der Waals surface area (Å²) in [6, 6.07) is 4.13. The minimum absolute atomic E-state index is 0.0753. The van der Waals surface area contributed by atoms with Crippen LogP contribution in [0, 0.1) is 11.6 Å². The van der Waals surface area contributed by atoms with E-state index in [2.05, 4.69) is 10.3 Å². The SMILES string of the molecule is O=C(O)c1ccncc1Nc1cc(F)ccc1F. The van der Waals surface area contributed by atoms with Crippen LogP contribution in [0.4, 0.5) is 20.2 Å². The number of aromatic nitrogens is 1. The highest BCUT2D eigenvalue weighted by atomic mass is 19.1. The lowest BCUT2D eigenvalue weighted by atomic mass is 10.2. The molecule has 2 N–H and O–H groups in total. The van der Waals surface area contributed by atoms with Crippen LogP contribution in [0.25, 0.3) is 0 Å². The molecule has 18 heavy (non-hydrogen) atoms. The molecule has 2 aromatic rings. The van der Waals surface area contributed by atoms with Gasteiger partial charge in [0.25, 0.3) is 0 Å². The Morgan fingerprint density at radius 1 is 1.22 bits per heavy atom. The molecule has 1 heterocycles. The van der Waals surface area contributed by atoms with Crippen LogP contribution in [-0.2, 0) is 0 Å². The van der Waals surface area contributed by atoms with E-state index < -0.39 is 17.6 Å². The van der Waals surface area contributed by atoms with E-state index in [1.54, 1.807) is 0 Å². The normalized spacial score (nSPS) is 10.1. The summed E-state index contributed by atoms with van der Waals surface area (Å²) < 4.78 is 26.4. The van der Waals surface area contributed by atoms with Crippen LogP contribution < -0.4 is 5.32 Å². The largest absolute Gasteiger partial charge is 0.478 e. The maximum absolute atomic E-state index is 13.4. The van der Waals surface area contributed by atoms with E-state index in [4.69, 9.17) is 5.11 Å². The molecule has 2 rings (SSSR count). The smallest absolute Gasteiger partial charge is 0.337 e. The molecule has 1 aromatic heterocycles. The van der Waals surface area contributed by atoms with Crippen molar-refractivity contribution in [3.63, 3.8) is 0 Å². The maximum Gasteiger partial charge on any atom is 0.337 e. The fraction of sp³-hybridized carbons (Fsp3) is 0. The Morgan fingerprint density at radius 3 is 2.72 bits per heavy atom. The summed E-state index contributed by atoms with van der Waals surface area (Å²) in [7, 11) is 0. The molecule has 0 radical (unpaired) electrons. The number of aromatic carboxylic acids is 1. The van der Waals surface area contributed by atoms with Crippen molar-refractivity contribution in [2.24, 2.45) is 0 Å². The average Bonchev–Trinajstić information content (AvgIpc) is 2.34. The Balaban J connectivity index is 2.40. The summed E-state index contributed by atoms with van der Waals surface area (Å²) in [5.41, 5.74) is -0.131. The Bertz CT molecular complexity index is 602. The van der Waals surface area contributed by atoms with E-state index in [0.717, 1.165) is 18.2 Å². The topological polar surface area (TPSA) is 62.2 Å². The number of carboxylic acid groups (broad SMARTS) is 1. The van der Waals surface area contributed by atoms with Crippen molar-refractivity contribution in [1.82, 2.24) is 4.98 Å². The van der Waals surface area contributed by atoms with E-state index in [0.29, 0.717) is 0 Å². The lowest BCUT2D eigenvalue weighted by molar-refractivity contribution is 0.0698. The monoisotopic (exact) mass is 250 g/mol. The van der Waals surface area contributed by atoms with Gasteiger partial charge in [0.05, 0.1) is 23.1 Å². The average molecular weight is 250 g/mol. The lowest BCUT2D eigenvalue weighted by Crippen LogP contribution is -2.04. The first kappa shape index (κ1) is 12.0.